The molecule has 1 aliphatic rings. The number of methoxy groups -OCH3 is 1. The van der Waals surface area contributed by atoms with Gasteiger partial charge in [-0.2, -0.15) is 0 Å². The van der Waals surface area contributed by atoms with Crippen molar-refractivity contribution in [3.63, 3.8) is 0 Å². The third-order valence-corrected chi connectivity index (χ3v) is 4.50. The van der Waals surface area contributed by atoms with E-state index in [1.807, 2.05) is 30.3 Å². The van der Waals surface area contributed by atoms with Gasteiger partial charge in [0.2, 0.25) is 5.90 Å². The molecule has 1 aliphatic heterocycles. The summed E-state index contributed by atoms with van der Waals surface area (Å²) in [5.41, 5.74) is 7.43. The van der Waals surface area contributed by atoms with Gasteiger partial charge in [-0.1, -0.05) is 18.2 Å². The fourth-order valence-electron chi connectivity index (χ4n) is 2.84. The standard InChI is InChI=1S/C20H26N4O3/c1-22-20(27-15-7-5-4-6-8-15)16-13-18(25-3)19(14-17(16)21)26-12-11-24-10-9-23(24)2/h4-8,13-14H,9-12,21H2,1-3H3/b22-20+. The zero-order valence-corrected chi connectivity index (χ0v) is 16.0. The van der Waals surface area contributed by atoms with Gasteiger partial charge in [0.05, 0.1) is 12.7 Å². The number of para-hydroxylation sites is 1. The Labute approximate surface area is 159 Å². The van der Waals surface area contributed by atoms with E-state index in [9.17, 15) is 0 Å². The van der Waals surface area contributed by atoms with Crippen molar-refractivity contribution >= 4 is 11.6 Å². The maximum Gasteiger partial charge on any atom is 0.223 e. The maximum atomic E-state index is 6.25. The van der Waals surface area contributed by atoms with Gasteiger partial charge in [0.1, 0.15) is 12.4 Å². The average Bonchev–Trinajstić information content (AvgIpc) is 2.69. The number of likely N-dealkylation sites (N-methyl/N-ethyl adjacent to an activating group) is 1. The zero-order chi connectivity index (χ0) is 19.2. The van der Waals surface area contributed by atoms with Crippen molar-refractivity contribution in [1.29, 1.82) is 0 Å². The molecule has 27 heavy (non-hydrogen) atoms. The molecule has 1 heterocycles. The number of nitrogens with zero attached hydrogens (tertiary/aromatic N) is 3. The predicted octanol–water partition coefficient (Wildman–Crippen LogP) is 2.27. The molecule has 0 aromatic heterocycles. The number of ether oxygens (including phenoxy) is 3. The van der Waals surface area contributed by atoms with Crippen LogP contribution in [0.15, 0.2) is 47.5 Å². The minimum Gasteiger partial charge on any atom is -0.493 e. The molecule has 0 unspecified atom stereocenters. The summed E-state index contributed by atoms with van der Waals surface area (Å²) in [5.74, 6) is 2.31. The number of benzene rings is 2. The van der Waals surface area contributed by atoms with Gasteiger partial charge in [0.15, 0.2) is 11.5 Å². The summed E-state index contributed by atoms with van der Waals surface area (Å²) in [6.45, 7) is 3.52. The van der Waals surface area contributed by atoms with Crippen molar-refractivity contribution in [3.05, 3.63) is 48.0 Å². The van der Waals surface area contributed by atoms with Crippen LogP contribution in [0.3, 0.4) is 0 Å². The average molecular weight is 370 g/mol. The lowest BCUT2D eigenvalue weighted by atomic mass is 10.1. The van der Waals surface area contributed by atoms with Crippen molar-refractivity contribution in [1.82, 2.24) is 10.0 Å². The largest absolute Gasteiger partial charge is 0.493 e. The summed E-state index contributed by atoms with van der Waals surface area (Å²) < 4.78 is 17.3. The number of hydrogen-bond donors (Lipinski definition) is 1. The van der Waals surface area contributed by atoms with Crippen molar-refractivity contribution in [2.75, 3.05) is 53.2 Å². The van der Waals surface area contributed by atoms with Gasteiger partial charge in [-0.15, -0.1) is 0 Å². The molecule has 0 spiro atoms. The Hall–Kier alpha value is -2.77. The highest BCUT2D eigenvalue weighted by atomic mass is 16.5. The fraction of sp³-hybridized carbons (Fsp3) is 0.350. The molecule has 144 valence electrons. The molecule has 0 saturated carbocycles. The maximum absolute atomic E-state index is 6.25. The summed E-state index contributed by atoms with van der Waals surface area (Å²) in [4.78, 5) is 4.24. The van der Waals surface area contributed by atoms with E-state index in [0.717, 1.165) is 19.6 Å². The van der Waals surface area contributed by atoms with Crippen LogP contribution in [-0.4, -0.2) is 63.4 Å². The molecular formula is C20H26N4O3. The highest BCUT2D eigenvalue weighted by Crippen LogP contribution is 2.33. The van der Waals surface area contributed by atoms with E-state index in [1.54, 1.807) is 26.3 Å². The molecule has 2 aromatic carbocycles. The van der Waals surface area contributed by atoms with Gasteiger partial charge < -0.3 is 19.9 Å². The molecular weight excluding hydrogens is 344 g/mol. The van der Waals surface area contributed by atoms with E-state index in [1.165, 1.54) is 0 Å². The molecule has 3 rings (SSSR count). The van der Waals surface area contributed by atoms with Crippen molar-refractivity contribution in [2.45, 2.75) is 0 Å². The molecule has 0 amide bonds. The van der Waals surface area contributed by atoms with Gasteiger partial charge >= 0.3 is 0 Å². The second kappa shape index (κ2) is 8.75. The molecule has 7 nitrogen and oxygen atoms in total. The number of nitrogens with two attached hydrogens (primary N) is 1. The van der Waals surface area contributed by atoms with Gasteiger partial charge in [-0.25, -0.2) is 10.0 Å². The predicted molar refractivity (Wildman–Crippen MR) is 107 cm³/mol. The Balaban J connectivity index is 1.74. The van der Waals surface area contributed by atoms with E-state index in [0.29, 0.717) is 41.0 Å². The first kappa shape index (κ1) is 19.0. The highest BCUT2D eigenvalue weighted by molar-refractivity contribution is 6.01. The van der Waals surface area contributed by atoms with E-state index in [-0.39, 0.29) is 0 Å². The number of aliphatic imine (C=N–C) groups is 1. The van der Waals surface area contributed by atoms with Gasteiger partial charge in [-0.3, -0.25) is 4.99 Å². The van der Waals surface area contributed by atoms with Crippen LogP contribution < -0.4 is 19.9 Å². The summed E-state index contributed by atoms with van der Waals surface area (Å²) in [7, 11) is 5.33. The molecule has 0 bridgehead atoms. The van der Waals surface area contributed by atoms with Crippen LogP contribution in [0.5, 0.6) is 17.2 Å². The third kappa shape index (κ3) is 4.50. The van der Waals surface area contributed by atoms with E-state index < -0.39 is 0 Å². The SMILES string of the molecule is C/N=C(/Oc1ccccc1)c1cc(OC)c(OCCN2CCN2C)cc1N. The van der Waals surface area contributed by atoms with E-state index in [2.05, 4.69) is 22.1 Å². The number of anilines is 1. The summed E-state index contributed by atoms with van der Waals surface area (Å²) in [6, 6.07) is 13.0. The van der Waals surface area contributed by atoms with E-state index in [4.69, 9.17) is 19.9 Å². The minimum atomic E-state index is 0.422. The first-order valence-corrected chi connectivity index (χ1v) is 8.88. The smallest absolute Gasteiger partial charge is 0.223 e. The number of hydrogen-bond acceptors (Lipinski definition) is 7. The molecule has 1 fully saturated rings. The Morgan fingerprint density at radius 3 is 2.52 bits per heavy atom. The van der Waals surface area contributed by atoms with Crippen LogP contribution in [-0.2, 0) is 0 Å². The molecule has 2 aromatic rings. The van der Waals surface area contributed by atoms with Gasteiger partial charge in [-0.05, 0) is 18.2 Å². The van der Waals surface area contributed by atoms with Crippen LogP contribution in [0.1, 0.15) is 5.56 Å². The Morgan fingerprint density at radius 1 is 1.15 bits per heavy atom. The third-order valence-electron chi connectivity index (χ3n) is 4.50. The van der Waals surface area contributed by atoms with Crippen molar-refractivity contribution < 1.29 is 14.2 Å². The monoisotopic (exact) mass is 370 g/mol. The normalized spacial score (nSPS) is 15.3. The van der Waals surface area contributed by atoms with Crippen LogP contribution in [0.2, 0.25) is 0 Å². The van der Waals surface area contributed by atoms with E-state index >= 15 is 0 Å². The quantitative estimate of drug-likeness (QED) is 0.458. The number of rotatable bonds is 7. The van der Waals surface area contributed by atoms with Crippen LogP contribution in [0, 0.1) is 0 Å². The lowest BCUT2D eigenvalue weighted by Gasteiger charge is -2.41. The Morgan fingerprint density at radius 2 is 1.93 bits per heavy atom. The van der Waals surface area contributed by atoms with Gasteiger partial charge in [0, 0.05) is 45.5 Å². The molecule has 7 heteroatoms. The van der Waals surface area contributed by atoms with Crippen LogP contribution >= 0.6 is 0 Å². The van der Waals surface area contributed by atoms with Crippen LogP contribution in [0.25, 0.3) is 0 Å². The van der Waals surface area contributed by atoms with Crippen LogP contribution in [0.4, 0.5) is 5.69 Å². The summed E-state index contributed by atoms with van der Waals surface area (Å²) >= 11 is 0. The lowest BCUT2D eigenvalue weighted by Crippen LogP contribution is -2.55. The second-order valence-corrected chi connectivity index (χ2v) is 6.22. The molecule has 0 aliphatic carbocycles. The van der Waals surface area contributed by atoms with Gasteiger partial charge in [0.25, 0.3) is 0 Å². The lowest BCUT2D eigenvalue weighted by molar-refractivity contribution is -0.0941. The Kier molecular flexibility index (Phi) is 6.16. The molecule has 1 saturated heterocycles. The molecule has 0 radical (unpaired) electrons. The highest BCUT2D eigenvalue weighted by Gasteiger charge is 2.21. The Bertz CT molecular complexity index is 795. The number of nitrogen functional groups attached to an aromatic ring is 1. The topological polar surface area (TPSA) is 72.5 Å². The second-order valence-electron chi connectivity index (χ2n) is 6.22. The number of hydrazine groups is 1. The zero-order valence-electron chi connectivity index (χ0n) is 16.0. The molecule has 0 atom stereocenters. The first-order valence-electron chi connectivity index (χ1n) is 8.88. The fourth-order valence-corrected chi connectivity index (χ4v) is 2.84. The molecule has 2 N–H and O–H groups in total. The van der Waals surface area contributed by atoms with Crippen molar-refractivity contribution in [2.24, 2.45) is 4.99 Å². The summed E-state index contributed by atoms with van der Waals surface area (Å²) in [5, 5.41) is 4.39. The minimum absolute atomic E-state index is 0.422. The summed E-state index contributed by atoms with van der Waals surface area (Å²) in [6.07, 6.45) is 0. The van der Waals surface area contributed by atoms with Crippen molar-refractivity contribution in [3.8, 4) is 17.2 Å². The first-order chi connectivity index (χ1) is 13.1.